The molecule has 1 aliphatic rings. The normalized spacial score (nSPS) is 20.7. The molecule has 0 aromatic heterocycles. The van der Waals surface area contributed by atoms with Gasteiger partial charge < -0.3 is 10.4 Å². The molecule has 0 radical (unpaired) electrons. The molecule has 0 amide bonds. The van der Waals surface area contributed by atoms with Crippen LogP contribution in [0.25, 0.3) is 0 Å². The van der Waals surface area contributed by atoms with Crippen molar-refractivity contribution in [1.29, 1.82) is 0 Å². The number of nitrogens with one attached hydrogen (secondary N) is 1. The van der Waals surface area contributed by atoms with E-state index in [9.17, 15) is 5.11 Å². The summed E-state index contributed by atoms with van der Waals surface area (Å²) in [6, 6.07) is 21.6. The van der Waals surface area contributed by atoms with Crippen molar-refractivity contribution >= 4 is 10.0 Å². The summed E-state index contributed by atoms with van der Waals surface area (Å²) >= 11 is 0. The molecule has 118 valence electrons. The first-order valence-corrected chi connectivity index (χ1v) is 10.2. The van der Waals surface area contributed by atoms with E-state index in [-0.39, 0.29) is 12.1 Å². The predicted octanol–water partition coefficient (Wildman–Crippen LogP) is 3.65. The fourth-order valence-corrected chi connectivity index (χ4v) is 6.36. The van der Waals surface area contributed by atoms with Gasteiger partial charge in [0.05, 0.1) is 6.10 Å². The number of hydrogen-bond donors (Lipinski definition) is 2. The van der Waals surface area contributed by atoms with Crippen LogP contribution in [0, 0.1) is 0 Å². The van der Waals surface area contributed by atoms with Crippen LogP contribution in [-0.2, 0) is 0 Å². The predicted molar refractivity (Wildman–Crippen MR) is 94.8 cm³/mol. The molecule has 1 aliphatic heterocycles. The lowest BCUT2D eigenvalue weighted by molar-refractivity contribution is 0.158. The third-order valence-corrected chi connectivity index (χ3v) is 8.23. The summed E-state index contributed by atoms with van der Waals surface area (Å²) in [5.74, 6) is 0.818. The van der Waals surface area contributed by atoms with E-state index in [0.717, 1.165) is 18.7 Å². The van der Waals surface area contributed by atoms with E-state index < -0.39 is 10.0 Å². The Morgan fingerprint density at radius 3 is 2.05 bits per heavy atom. The zero-order chi connectivity index (χ0) is 15.4. The minimum Gasteiger partial charge on any atom is -0.391 e. The molecular formula is C19H25NOS. The van der Waals surface area contributed by atoms with E-state index in [1.165, 1.54) is 16.2 Å². The Kier molecular flexibility index (Phi) is 4.87. The second kappa shape index (κ2) is 6.86. The molecule has 3 rings (SSSR count). The van der Waals surface area contributed by atoms with Crippen LogP contribution in [0.5, 0.6) is 0 Å². The lowest BCUT2D eigenvalue weighted by Crippen LogP contribution is -2.38. The molecule has 0 aliphatic carbocycles. The van der Waals surface area contributed by atoms with Crippen molar-refractivity contribution in [3.05, 3.63) is 60.7 Å². The highest BCUT2D eigenvalue weighted by molar-refractivity contribution is 8.33. The van der Waals surface area contributed by atoms with Crippen molar-refractivity contribution in [2.45, 2.75) is 34.8 Å². The molecule has 1 saturated heterocycles. The Balaban J connectivity index is 1.93. The molecule has 0 spiro atoms. The van der Waals surface area contributed by atoms with Crippen LogP contribution >= 0.6 is 10.0 Å². The first-order valence-electron chi connectivity index (χ1n) is 7.98. The van der Waals surface area contributed by atoms with E-state index in [0.29, 0.717) is 0 Å². The van der Waals surface area contributed by atoms with Crippen molar-refractivity contribution in [3.63, 3.8) is 0 Å². The topological polar surface area (TPSA) is 32.3 Å². The summed E-state index contributed by atoms with van der Waals surface area (Å²) in [6.45, 7) is 1.03. The number of aliphatic hydroxyl groups excluding tert-OH is 1. The lowest BCUT2D eigenvalue weighted by Gasteiger charge is -2.40. The van der Waals surface area contributed by atoms with Crippen molar-refractivity contribution in [1.82, 2.24) is 5.32 Å². The second-order valence-corrected chi connectivity index (χ2v) is 9.60. The van der Waals surface area contributed by atoms with Crippen molar-refractivity contribution in [2.24, 2.45) is 0 Å². The summed E-state index contributed by atoms with van der Waals surface area (Å²) in [6.07, 6.45) is 4.29. The molecule has 0 saturated carbocycles. The van der Waals surface area contributed by atoms with E-state index in [1.54, 1.807) is 0 Å². The molecule has 0 unspecified atom stereocenters. The maximum absolute atomic E-state index is 10.8. The van der Waals surface area contributed by atoms with Crippen LogP contribution < -0.4 is 5.32 Å². The van der Waals surface area contributed by atoms with Crippen LogP contribution in [0.3, 0.4) is 0 Å². The summed E-state index contributed by atoms with van der Waals surface area (Å²) in [4.78, 5) is 2.69. The zero-order valence-corrected chi connectivity index (χ0v) is 13.9. The third kappa shape index (κ3) is 3.22. The van der Waals surface area contributed by atoms with Crippen LogP contribution in [-0.4, -0.2) is 35.8 Å². The van der Waals surface area contributed by atoms with Crippen LogP contribution in [0.1, 0.15) is 12.8 Å². The number of benzene rings is 2. The van der Waals surface area contributed by atoms with Gasteiger partial charge >= 0.3 is 0 Å². The smallest absolute Gasteiger partial charge is 0.0774 e. The average Bonchev–Trinajstić information content (AvgIpc) is 3.11. The van der Waals surface area contributed by atoms with E-state index in [1.807, 2.05) is 0 Å². The Morgan fingerprint density at radius 2 is 1.59 bits per heavy atom. The third-order valence-electron chi connectivity index (χ3n) is 4.59. The molecule has 2 atom stereocenters. The van der Waals surface area contributed by atoms with Gasteiger partial charge in [0.15, 0.2) is 0 Å². The van der Waals surface area contributed by atoms with Gasteiger partial charge in [-0.1, -0.05) is 36.4 Å². The fourth-order valence-electron chi connectivity index (χ4n) is 3.27. The van der Waals surface area contributed by atoms with Gasteiger partial charge in [-0.25, -0.2) is 0 Å². The first kappa shape index (κ1) is 15.6. The minimum atomic E-state index is -1.22. The summed E-state index contributed by atoms with van der Waals surface area (Å²) in [7, 11) is -1.22. The van der Waals surface area contributed by atoms with Crippen LogP contribution in [0.15, 0.2) is 70.5 Å². The molecule has 22 heavy (non-hydrogen) atoms. The monoisotopic (exact) mass is 315 g/mol. The summed E-state index contributed by atoms with van der Waals surface area (Å²) in [5.41, 5.74) is 0. The molecule has 2 N–H and O–H groups in total. The Labute approximate surface area is 134 Å². The maximum atomic E-state index is 10.8. The number of rotatable bonds is 5. The Bertz CT molecular complexity index is 541. The number of hydrogen-bond acceptors (Lipinski definition) is 2. The fraction of sp³-hybridized carbons (Fsp3) is 0.368. The molecule has 2 aromatic rings. The van der Waals surface area contributed by atoms with Gasteiger partial charge in [-0.2, -0.15) is 10.0 Å². The van der Waals surface area contributed by atoms with Crippen LogP contribution in [0.4, 0.5) is 0 Å². The maximum Gasteiger partial charge on any atom is 0.0774 e. The number of aliphatic hydroxyl groups is 1. The standard InChI is InChI=1S/C19H25NOS/c1-22(16-9-4-2-5-10-16,17-11-6-3-7-12-17)15-19(21)18-13-8-14-20-18/h2-7,9-12,18-21H,8,13-15H2,1H3/t18-,19-/m1/s1. The van der Waals surface area contributed by atoms with E-state index in [2.05, 4.69) is 72.2 Å². The Morgan fingerprint density at radius 1 is 1.05 bits per heavy atom. The SMILES string of the molecule is CS(C[C@@H](O)[C@H]1CCCN1)(c1ccccc1)c1ccccc1. The highest BCUT2D eigenvalue weighted by atomic mass is 32.3. The van der Waals surface area contributed by atoms with Gasteiger partial charge in [-0.3, -0.25) is 0 Å². The van der Waals surface area contributed by atoms with Gasteiger partial charge in [0.2, 0.25) is 0 Å². The molecule has 1 fully saturated rings. The van der Waals surface area contributed by atoms with Gasteiger partial charge in [0.25, 0.3) is 0 Å². The van der Waals surface area contributed by atoms with Crippen molar-refractivity contribution < 1.29 is 5.11 Å². The summed E-state index contributed by atoms with van der Waals surface area (Å²) in [5, 5.41) is 14.2. The average molecular weight is 315 g/mol. The largest absolute Gasteiger partial charge is 0.391 e. The van der Waals surface area contributed by atoms with E-state index in [4.69, 9.17) is 0 Å². The minimum absolute atomic E-state index is 0.249. The molecule has 3 heteroatoms. The highest BCUT2D eigenvalue weighted by Crippen LogP contribution is 2.59. The molecule has 2 nitrogen and oxygen atoms in total. The Hall–Kier alpha value is -1.29. The zero-order valence-electron chi connectivity index (χ0n) is 13.1. The quantitative estimate of drug-likeness (QED) is 0.883. The van der Waals surface area contributed by atoms with Gasteiger partial charge in [0, 0.05) is 11.8 Å². The van der Waals surface area contributed by atoms with Crippen LogP contribution in [0.2, 0.25) is 0 Å². The molecule has 0 bridgehead atoms. The molecular weight excluding hydrogens is 290 g/mol. The van der Waals surface area contributed by atoms with E-state index >= 15 is 0 Å². The van der Waals surface area contributed by atoms with Crippen molar-refractivity contribution in [3.8, 4) is 0 Å². The van der Waals surface area contributed by atoms with Gasteiger partial charge in [-0.05, 0) is 59.7 Å². The highest BCUT2D eigenvalue weighted by Gasteiger charge is 2.31. The lowest BCUT2D eigenvalue weighted by atomic mass is 10.1. The first-order chi connectivity index (χ1) is 10.7. The molecule has 1 heterocycles. The van der Waals surface area contributed by atoms with Gasteiger partial charge in [-0.15, -0.1) is 0 Å². The summed E-state index contributed by atoms with van der Waals surface area (Å²) < 4.78 is 0. The second-order valence-electron chi connectivity index (χ2n) is 6.15. The molecule has 2 aromatic carbocycles. The van der Waals surface area contributed by atoms with Gasteiger partial charge in [0.1, 0.15) is 0 Å². The van der Waals surface area contributed by atoms with Crippen molar-refractivity contribution in [2.75, 3.05) is 18.6 Å².